The molecule has 4 aliphatic rings. The highest BCUT2D eigenvalue weighted by Crippen LogP contribution is 2.33. The number of ether oxygens (including phenoxy) is 1. The lowest BCUT2D eigenvalue weighted by atomic mass is 9.87. The van der Waals surface area contributed by atoms with Crippen molar-refractivity contribution < 1.29 is 28.7 Å². The summed E-state index contributed by atoms with van der Waals surface area (Å²) >= 11 is 0. The van der Waals surface area contributed by atoms with Gasteiger partial charge in [0.05, 0.1) is 11.4 Å². The summed E-state index contributed by atoms with van der Waals surface area (Å²) in [4.78, 5) is 66.0. The molecule has 0 saturated carbocycles. The number of hydrogen-bond acceptors (Lipinski definition) is 7. The number of carbonyl (C=O) groups excluding carboxylic acids is 5. The maximum atomic E-state index is 12.9. The maximum Gasteiger partial charge on any atom is 0.410 e. The van der Waals surface area contributed by atoms with Gasteiger partial charge in [-0.15, -0.1) is 0 Å². The first-order valence-electron chi connectivity index (χ1n) is 14.6. The average Bonchev–Trinajstić information content (AvgIpc) is 3.36. The number of nitrogens with zero attached hydrogens (tertiary/aromatic N) is 3. The molecule has 0 atom stereocenters. The van der Waals surface area contributed by atoms with E-state index in [0.29, 0.717) is 50.1 Å². The number of likely N-dealkylation sites (tertiary alicyclic amines) is 1. The summed E-state index contributed by atoms with van der Waals surface area (Å²) in [7, 11) is 0. The Morgan fingerprint density at radius 2 is 1.12 bits per heavy atom. The van der Waals surface area contributed by atoms with Crippen LogP contribution in [0.25, 0.3) is 0 Å². The van der Waals surface area contributed by atoms with Crippen molar-refractivity contribution in [3.63, 3.8) is 0 Å². The zero-order chi connectivity index (χ0) is 30.8. The van der Waals surface area contributed by atoms with Crippen LogP contribution in [0.1, 0.15) is 46.5 Å². The van der Waals surface area contributed by atoms with Crippen LogP contribution >= 0.6 is 0 Å². The summed E-state index contributed by atoms with van der Waals surface area (Å²) in [6.45, 7) is 7.69. The zero-order valence-electron chi connectivity index (χ0n) is 24.7. The Hall–Kier alpha value is -4.45. The number of hydrogen-bond donors (Lipinski definition) is 3. The number of nitrogens with one attached hydrogen (secondary N) is 3. The number of para-hydroxylation sites is 2. The molecule has 0 radical (unpaired) electrons. The zero-order valence-corrected chi connectivity index (χ0v) is 24.7. The van der Waals surface area contributed by atoms with Crippen LogP contribution in [0.3, 0.4) is 0 Å². The predicted molar refractivity (Wildman–Crippen MR) is 160 cm³/mol. The molecule has 43 heavy (non-hydrogen) atoms. The molecule has 4 aliphatic heterocycles. The summed E-state index contributed by atoms with van der Waals surface area (Å²) in [5.41, 5.74) is -1.01. The molecule has 4 fully saturated rings. The van der Waals surface area contributed by atoms with E-state index in [1.807, 2.05) is 45.0 Å². The second-order valence-electron chi connectivity index (χ2n) is 12.2. The van der Waals surface area contributed by atoms with Gasteiger partial charge >= 0.3 is 18.2 Å². The molecular weight excluding hydrogens is 552 g/mol. The summed E-state index contributed by atoms with van der Waals surface area (Å²) in [6, 6.07) is 17.2. The normalized spacial score (nSPS) is 21.0. The van der Waals surface area contributed by atoms with Gasteiger partial charge < -0.3 is 25.6 Å². The molecule has 4 saturated heterocycles. The van der Waals surface area contributed by atoms with Gasteiger partial charge in [-0.1, -0.05) is 36.4 Å². The van der Waals surface area contributed by atoms with Crippen molar-refractivity contribution >= 4 is 41.3 Å². The molecule has 2 aromatic carbocycles. The van der Waals surface area contributed by atoms with Crippen LogP contribution in [0.4, 0.5) is 25.8 Å². The number of imide groups is 2. The quantitative estimate of drug-likeness (QED) is 0.456. The standard InChI is InChI=1S/C18H23N3O4.C13H15N3O2/c1-17(2,3)25-16(24)20-11-9-18(10-12-20)14(22)21(15(23)19-18)13-7-5-4-6-8-13;17-11-13(6-8-14-9-7-13)15-12(18)16(11)10-4-2-1-3-5-10/h4-8H,9-12H2,1-3H3,(H,19,23);1-5,14H,6-9H2,(H,15,18). The van der Waals surface area contributed by atoms with Gasteiger partial charge in [0, 0.05) is 13.1 Å². The van der Waals surface area contributed by atoms with Crippen molar-refractivity contribution in [2.24, 2.45) is 0 Å². The van der Waals surface area contributed by atoms with Gasteiger partial charge in [0.15, 0.2) is 0 Å². The van der Waals surface area contributed by atoms with E-state index in [0.717, 1.165) is 13.1 Å². The fourth-order valence-corrected chi connectivity index (χ4v) is 5.79. The van der Waals surface area contributed by atoms with Crippen LogP contribution in [-0.2, 0) is 14.3 Å². The molecule has 7 amide bonds. The van der Waals surface area contributed by atoms with Gasteiger partial charge in [0.1, 0.15) is 16.7 Å². The van der Waals surface area contributed by atoms with Crippen LogP contribution in [0.2, 0.25) is 0 Å². The maximum absolute atomic E-state index is 12.9. The first kappa shape index (κ1) is 30.0. The first-order chi connectivity index (χ1) is 20.4. The van der Waals surface area contributed by atoms with Crippen LogP contribution in [0.5, 0.6) is 0 Å². The monoisotopic (exact) mass is 590 g/mol. The molecule has 0 aromatic heterocycles. The minimum Gasteiger partial charge on any atom is -0.444 e. The Labute approximate surface area is 250 Å². The Balaban J connectivity index is 0.000000180. The third-order valence-electron chi connectivity index (χ3n) is 8.08. The smallest absolute Gasteiger partial charge is 0.410 e. The molecule has 12 heteroatoms. The predicted octanol–water partition coefficient (Wildman–Crippen LogP) is 3.38. The van der Waals surface area contributed by atoms with Crippen molar-refractivity contribution in [2.75, 3.05) is 36.0 Å². The lowest BCUT2D eigenvalue weighted by Gasteiger charge is -2.37. The highest BCUT2D eigenvalue weighted by Gasteiger charge is 2.54. The third kappa shape index (κ3) is 6.05. The molecule has 2 aromatic rings. The minimum absolute atomic E-state index is 0.125. The van der Waals surface area contributed by atoms with Gasteiger partial charge in [-0.3, -0.25) is 9.59 Å². The van der Waals surface area contributed by atoms with Crippen LogP contribution in [0, 0.1) is 0 Å². The summed E-state index contributed by atoms with van der Waals surface area (Å²) < 4.78 is 5.37. The largest absolute Gasteiger partial charge is 0.444 e. The highest BCUT2D eigenvalue weighted by molar-refractivity contribution is 6.24. The topological polar surface area (TPSA) is 140 Å². The van der Waals surface area contributed by atoms with E-state index < -0.39 is 22.7 Å². The Morgan fingerprint density at radius 1 is 0.698 bits per heavy atom. The van der Waals surface area contributed by atoms with E-state index >= 15 is 0 Å². The van der Waals surface area contributed by atoms with E-state index in [1.54, 1.807) is 41.3 Å². The Bertz CT molecular complexity index is 1380. The first-order valence-corrected chi connectivity index (χ1v) is 14.6. The minimum atomic E-state index is -0.939. The number of carbonyl (C=O) groups is 5. The molecule has 2 spiro atoms. The molecular formula is C31H38N6O6. The molecule has 4 heterocycles. The number of piperidine rings is 2. The SMILES string of the molecule is CC(C)(C)OC(=O)N1CCC2(CC1)NC(=O)N(c1ccccc1)C2=O.O=C1NC2(CCNCC2)C(=O)N1c1ccccc1. The molecule has 0 aliphatic carbocycles. The molecule has 0 bridgehead atoms. The lowest BCUT2D eigenvalue weighted by Crippen LogP contribution is -2.56. The fourth-order valence-electron chi connectivity index (χ4n) is 5.79. The van der Waals surface area contributed by atoms with Crippen LogP contribution in [-0.4, -0.2) is 77.7 Å². The number of anilines is 2. The van der Waals surface area contributed by atoms with Gasteiger partial charge in [0.2, 0.25) is 0 Å². The van der Waals surface area contributed by atoms with E-state index in [9.17, 15) is 24.0 Å². The van der Waals surface area contributed by atoms with Crippen molar-refractivity contribution in [1.82, 2.24) is 20.9 Å². The van der Waals surface area contributed by atoms with Crippen LogP contribution in [0.15, 0.2) is 60.7 Å². The number of amides is 7. The molecule has 3 N–H and O–H groups in total. The summed E-state index contributed by atoms with van der Waals surface area (Å²) in [5, 5.41) is 8.90. The van der Waals surface area contributed by atoms with E-state index in [-0.39, 0.29) is 23.9 Å². The second kappa shape index (κ2) is 11.7. The second-order valence-corrected chi connectivity index (χ2v) is 12.2. The Morgan fingerprint density at radius 3 is 1.53 bits per heavy atom. The molecule has 0 unspecified atom stereocenters. The van der Waals surface area contributed by atoms with Crippen LogP contribution < -0.4 is 25.8 Å². The van der Waals surface area contributed by atoms with Crippen molar-refractivity contribution in [2.45, 2.75) is 63.1 Å². The molecule has 228 valence electrons. The summed E-state index contributed by atoms with van der Waals surface area (Å²) in [6.07, 6.45) is 1.67. The van der Waals surface area contributed by atoms with E-state index in [2.05, 4.69) is 16.0 Å². The van der Waals surface area contributed by atoms with Crippen molar-refractivity contribution in [3.8, 4) is 0 Å². The van der Waals surface area contributed by atoms with Gasteiger partial charge in [-0.25, -0.2) is 24.2 Å². The number of benzene rings is 2. The molecule has 6 rings (SSSR count). The number of urea groups is 2. The van der Waals surface area contributed by atoms with E-state index in [4.69, 9.17) is 4.74 Å². The highest BCUT2D eigenvalue weighted by atomic mass is 16.6. The Kier molecular flexibility index (Phi) is 8.15. The van der Waals surface area contributed by atoms with Gasteiger partial charge in [-0.2, -0.15) is 0 Å². The summed E-state index contributed by atoms with van der Waals surface area (Å²) in [5.74, 6) is -0.382. The fraction of sp³-hybridized carbons (Fsp3) is 0.452. The lowest BCUT2D eigenvalue weighted by molar-refractivity contribution is -0.124. The van der Waals surface area contributed by atoms with E-state index in [1.165, 1.54) is 9.80 Å². The molecule has 12 nitrogen and oxygen atoms in total. The van der Waals surface area contributed by atoms with Gasteiger partial charge in [0.25, 0.3) is 11.8 Å². The van der Waals surface area contributed by atoms with Gasteiger partial charge in [-0.05, 0) is 83.8 Å². The third-order valence-corrected chi connectivity index (χ3v) is 8.08. The van der Waals surface area contributed by atoms with Crippen molar-refractivity contribution in [3.05, 3.63) is 60.7 Å². The average molecular weight is 591 g/mol. The number of rotatable bonds is 2. The van der Waals surface area contributed by atoms with Crippen molar-refractivity contribution in [1.29, 1.82) is 0 Å².